The number of hydrogen-bond acceptors (Lipinski definition) is 3. The molecule has 0 radical (unpaired) electrons. The highest BCUT2D eigenvalue weighted by Crippen LogP contribution is 2.23. The molecule has 3 nitrogen and oxygen atoms in total. The van der Waals surface area contributed by atoms with Crippen molar-refractivity contribution in [2.75, 3.05) is 4.90 Å². The third-order valence-electron chi connectivity index (χ3n) is 3.20. The lowest BCUT2D eigenvalue weighted by atomic mass is 10.1. The van der Waals surface area contributed by atoms with E-state index in [0.717, 1.165) is 12.4 Å². The minimum atomic E-state index is -0.0778. The highest BCUT2D eigenvalue weighted by atomic mass is 35.5. The summed E-state index contributed by atoms with van der Waals surface area (Å²) in [5.41, 5.74) is 1.93. The van der Waals surface area contributed by atoms with Crippen LogP contribution in [-0.2, 0) is 13.2 Å². The van der Waals surface area contributed by atoms with Crippen molar-refractivity contribution in [2.45, 2.75) is 33.0 Å². The Hall–Kier alpha value is -1.58. The number of rotatable bonds is 5. The summed E-state index contributed by atoms with van der Waals surface area (Å²) in [6, 6.07) is 12.4. The number of aliphatic hydroxyl groups excluding tert-OH is 1. The zero-order chi connectivity index (χ0) is 14.5. The second-order valence-corrected chi connectivity index (χ2v) is 5.41. The van der Waals surface area contributed by atoms with Gasteiger partial charge < -0.3 is 10.0 Å². The highest BCUT2D eigenvalue weighted by molar-refractivity contribution is 6.31. The minimum Gasteiger partial charge on any atom is -0.392 e. The molecular formula is C16H19ClN2O. The van der Waals surface area contributed by atoms with Crippen molar-refractivity contribution in [1.29, 1.82) is 0 Å². The number of aromatic nitrogens is 1. The standard InChI is InChI=1S/C16H19ClN2O/c1-12(2)19(10-13-6-4-3-5-7-13)16-8-14(11-20)15(17)9-18-16/h3-9,12,20H,10-11H2,1-2H3. The molecule has 0 fully saturated rings. The molecule has 0 bridgehead atoms. The fourth-order valence-corrected chi connectivity index (χ4v) is 2.22. The second kappa shape index (κ2) is 6.73. The van der Waals surface area contributed by atoms with Gasteiger partial charge in [0.15, 0.2) is 0 Å². The zero-order valence-corrected chi connectivity index (χ0v) is 12.5. The van der Waals surface area contributed by atoms with Crippen LogP contribution >= 0.6 is 11.6 Å². The van der Waals surface area contributed by atoms with Crippen molar-refractivity contribution in [2.24, 2.45) is 0 Å². The molecule has 1 aromatic heterocycles. The van der Waals surface area contributed by atoms with Crippen molar-refractivity contribution in [3.63, 3.8) is 0 Å². The monoisotopic (exact) mass is 290 g/mol. The van der Waals surface area contributed by atoms with Crippen molar-refractivity contribution >= 4 is 17.4 Å². The Morgan fingerprint density at radius 1 is 1.25 bits per heavy atom. The highest BCUT2D eigenvalue weighted by Gasteiger charge is 2.14. The lowest BCUT2D eigenvalue weighted by Gasteiger charge is -2.28. The normalized spacial score (nSPS) is 10.8. The van der Waals surface area contributed by atoms with E-state index in [-0.39, 0.29) is 6.61 Å². The van der Waals surface area contributed by atoms with E-state index in [0.29, 0.717) is 16.6 Å². The van der Waals surface area contributed by atoms with Gasteiger partial charge in [0.25, 0.3) is 0 Å². The van der Waals surface area contributed by atoms with Gasteiger partial charge in [-0.25, -0.2) is 4.98 Å². The number of hydrogen-bond donors (Lipinski definition) is 1. The molecule has 2 aromatic rings. The van der Waals surface area contributed by atoms with Crippen LogP contribution in [0.2, 0.25) is 5.02 Å². The van der Waals surface area contributed by atoms with Gasteiger partial charge in [-0.05, 0) is 25.5 Å². The van der Waals surface area contributed by atoms with Crippen LogP contribution in [0.4, 0.5) is 5.82 Å². The topological polar surface area (TPSA) is 36.4 Å². The molecule has 106 valence electrons. The van der Waals surface area contributed by atoms with E-state index in [2.05, 4.69) is 35.9 Å². The first-order chi connectivity index (χ1) is 9.61. The van der Waals surface area contributed by atoms with E-state index in [1.165, 1.54) is 5.56 Å². The van der Waals surface area contributed by atoms with E-state index in [9.17, 15) is 5.11 Å². The number of pyridine rings is 1. The molecule has 1 heterocycles. The molecule has 0 aliphatic rings. The molecule has 0 saturated heterocycles. The summed E-state index contributed by atoms with van der Waals surface area (Å²) >= 11 is 6.00. The predicted molar refractivity (Wildman–Crippen MR) is 82.9 cm³/mol. The number of benzene rings is 1. The van der Waals surface area contributed by atoms with Crippen LogP contribution in [0, 0.1) is 0 Å². The molecule has 2 rings (SSSR count). The fraction of sp³-hybridized carbons (Fsp3) is 0.312. The van der Waals surface area contributed by atoms with Crippen LogP contribution in [0.3, 0.4) is 0 Å². The van der Waals surface area contributed by atoms with Gasteiger partial charge in [-0.3, -0.25) is 0 Å². The maximum absolute atomic E-state index is 9.32. The van der Waals surface area contributed by atoms with E-state index in [1.54, 1.807) is 6.20 Å². The maximum atomic E-state index is 9.32. The Labute approximate surface area is 124 Å². The molecule has 0 unspecified atom stereocenters. The molecular weight excluding hydrogens is 272 g/mol. The summed E-state index contributed by atoms with van der Waals surface area (Å²) in [5, 5.41) is 9.82. The lowest BCUT2D eigenvalue weighted by Crippen LogP contribution is -2.31. The van der Waals surface area contributed by atoms with Crippen LogP contribution in [0.25, 0.3) is 0 Å². The second-order valence-electron chi connectivity index (χ2n) is 5.00. The van der Waals surface area contributed by atoms with Gasteiger partial charge in [0.05, 0.1) is 11.6 Å². The maximum Gasteiger partial charge on any atom is 0.129 e. The molecule has 0 amide bonds. The number of anilines is 1. The Morgan fingerprint density at radius 2 is 1.95 bits per heavy atom. The molecule has 0 spiro atoms. The molecule has 20 heavy (non-hydrogen) atoms. The minimum absolute atomic E-state index is 0.0778. The van der Waals surface area contributed by atoms with Crippen molar-refractivity contribution in [3.8, 4) is 0 Å². The first kappa shape index (κ1) is 14.8. The quantitative estimate of drug-likeness (QED) is 0.913. The van der Waals surface area contributed by atoms with Crippen LogP contribution in [0.15, 0.2) is 42.6 Å². The fourth-order valence-electron chi connectivity index (χ4n) is 2.05. The van der Waals surface area contributed by atoms with Gasteiger partial charge in [0.2, 0.25) is 0 Å². The molecule has 1 aromatic carbocycles. The van der Waals surface area contributed by atoms with Gasteiger partial charge in [-0.2, -0.15) is 0 Å². The molecule has 0 aliphatic heterocycles. The van der Waals surface area contributed by atoms with E-state index < -0.39 is 0 Å². The lowest BCUT2D eigenvalue weighted by molar-refractivity contribution is 0.282. The van der Waals surface area contributed by atoms with Gasteiger partial charge in [0, 0.05) is 24.3 Å². The summed E-state index contributed by atoms with van der Waals surface area (Å²) in [4.78, 5) is 6.57. The summed E-state index contributed by atoms with van der Waals surface area (Å²) < 4.78 is 0. The summed E-state index contributed by atoms with van der Waals surface area (Å²) in [7, 11) is 0. The van der Waals surface area contributed by atoms with Crippen LogP contribution in [0.5, 0.6) is 0 Å². The van der Waals surface area contributed by atoms with Crippen molar-refractivity contribution < 1.29 is 5.11 Å². The van der Waals surface area contributed by atoms with Crippen molar-refractivity contribution in [3.05, 3.63) is 58.7 Å². The van der Waals surface area contributed by atoms with Gasteiger partial charge in [-0.1, -0.05) is 41.9 Å². The van der Waals surface area contributed by atoms with Crippen LogP contribution < -0.4 is 4.90 Å². The molecule has 4 heteroatoms. The predicted octanol–water partition coefficient (Wildman–Crippen LogP) is 3.64. The largest absolute Gasteiger partial charge is 0.392 e. The summed E-state index contributed by atoms with van der Waals surface area (Å²) in [5.74, 6) is 0.831. The number of halogens is 1. The average Bonchev–Trinajstić information content (AvgIpc) is 2.46. The van der Waals surface area contributed by atoms with E-state index in [1.807, 2.05) is 24.3 Å². The van der Waals surface area contributed by atoms with Gasteiger partial charge in [-0.15, -0.1) is 0 Å². The van der Waals surface area contributed by atoms with E-state index in [4.69, 9.17) is 11.6 Å². The molecule has 1 N–H and O–H groups in total. The zero-order valence-electron chi connectivity index (χ0n) is 11.8. The Bertz CT molecular complexity index is 558. The Kier molecular flexibility index (Phi) is 4.99. The van der Waals surface area contributed by atoms with E-state index >= 15 is 0 Å². The first-order valence-corrected chi connectivity index (χ1v) is 7.05. The average molecular weight is 291 g/mol. The summed E-state index contributed by atoms with van der Waals surface area (Å²) in [6.45, 7) is 4.94. The summed E-state index contributed by atoms with van der Waals surface area (Å²) in [6.07, 6.45) is 1.60. The number of aliphatic hydroxyl groups is 1. The third-order valence-corrected chi connectivity index (χ3v) is 3.54. The van der Waals surface area contributed by atoms with Crippen LogP contribution in [0.1, 0.15) is 25.0 Å². The van der Waals surface area contributed by atoms with Crippen LogP contribution in [-0.4, -0.2) is 16.1 Å². The first-order valence-electron chi connectivity index (χ1n) is 6.67. The third kappa shape index (κ3) is 3.50. The molecule has 0 saturated carbocycles. The van der Waals surface area contributed by atoms with Gasteiger partial charge in [0.1, 0.15) is 5.82 Å². The Morgan fingerprint density at radius 3 is 2.55 bits per heavy atom. The smallest absolute Gasteiger partial charge is 0.129 e. The molecule has 0 aliphatic carbocycles. The van der Waals surface area contributed by atoms with Crippen molar-refractivity contribution in [1.82, 2.24) is 4.98 Å². The number of nitrogens with zero attached hydrogens (tertiary/aromatic N) is 2. The Balaban J connectivity index is 2.29. The van der Waals surface area contributed by atoms with Gasteiger partial charge >= 0.3 is 0 Å². The SMILES string of the molecule is CC(C)N(Cc1ccccc1)c1cc(CO)c(Cl)cn1. The molecule has 0 atom stereocenters.